The summed E-state index contributed by atoms with van der Waals surface area (Å²) in [4.78, 5) is 129. The van der Waals surface area contributed by atoms with Gasteiger partial charge in [0, 0.05) is 213 Å². The average Bonchev–Trinajstić information content (AvgIpc) is 1.59. The highest BCUT2D eigenvalue weighted by atomic mass is 16.5. The van der Waals surface area contributed by atoms with Gasteiger partial charge in [0.2, 0.25) is 23.8 Å². The first-order valence-electron chi connectivity index (χ1n) is 45.6. The van der Waals surface area contributed by atoms with Gasteiger partial charge in [0.05, 0.1) is 105 Å². The molecule has 702 valence electrons. The van der Waals surface area contributed by atoms with Crippen LogP contribution in [0.3, 0.4) is 0 Å². The Morgan fingerprint density at radius 1 is 0.442 bits per heavy atom. The summed E-state index contributed by atoms with van der Waals surface area (Å²) >= 11 is 0. The molecule has 0 atom stereocenters. The maximum atomic E-state index is 13.1. The van der Waals surface area contributed by atoms with Crippen molar-refractivity contribution in [2.45, 2.75) is 78.2 Å². The summed E-state index contributed by atoms with van der Waals surface area (Å²) in [7, 11) is 8.56. The van der Waals surface area contributed by atoms with Gasteiger partial charge in [-0.25, -0.2) is 44.9 Å². The van der Waals surface area contributed by atoms with Crippen molar-refractivity contribution >= 4 is 114 Å². The summed E-state index contributed by atoms with van der Waals surface area (Å²) < 4.78 is 35.1. The number of anilines is 8. The first-order chi connectivity index (χ1) is 67.3. The third-order valence-electron chi connectivity index (χ3n) is 23.6. The van der Waals surface area contributed by atoms with E-state index in [4.69, 9.17) is 28.4 Å². The number of carbonyl (C=O) groups excluding carboxylic acids is 4. The molecule has 8 N–H and O–H groups in total. The molecule has 4 amide bonds. The zero-order chi connectivity index (χ0) is 95.0. The first kappa shape index (κ1) is 92.0. The highest BCUT2D eigenvalue weighted by Crippen LogP contribution is 2.35. The predicted molar refractivity (Wildman–Crippen MR) is 526 cm³/mol. The van der Waals surface area contributed by atoms with Crippen LogP contribution in [0.2, 0.25) is 0 Å². The average molecular weight is 1850 g/mol. The second-order valence-electron chi connectivity index (χ2n) is 34.4. The van der Waals surface area contributed by atoms with Gasteiger partial charge in [0.25, 0.3) is 23.6 Å². The number of fused-ring (bicyclic) bond motifs is 5. The summed E-state index contributed by atoms with van der Waals surface area (Å²) in [5.41, 5.74) is 15.8. The van der Waals surface area contributed by atoms with Crippen LogP contribution < -0.4 is 35.5 Å². The number of carbonyl (C=O) groups is 4. The molecular formula is C102H104N26O10. The van der Waals surface area contributed by atoms with Crippen molar-refractivity contribution in [2.24, 2.45) is 5.41 Å². The Morgan fingerprint density at radius 2 is 0.906 bits per heavy atom. The van der Waals surface area contributed by atoms with Gasteiger partial charge < -0.3 is 93.8 Å². The number of benzene rings is 4. The Hall–Kier alpha value is -16.5. The molecule has 16 heterocycles. The van der Waals surface area contributed by atoms with Gasteiger partial charge >= 0.3 is 0 Å². The van der Waals surface area contributed by atoms with Crippen LogP contribution in [0.5, 0.6) is 17.2 Å². The summed E-state index contributed by atoms with van der Waals surface area (Å²) in [6, 6.07) is 53.1. The Morgan fingerprint density at radius 3 is 1.43 bits per heavy atom. The van der Waals surface area contributed by atoms with Gasteiger partial charge in [-0.1, -0.05) is 26.3 Å². The minimum absolute atomic E-state index is 0.00718. The quantitative estimate of drug-likeness (QED) is 0.0250. The molecule has 17 aromatic rings. The minimum atomic E-state index is -0.0700. The van der Waals surface area contributed by atoms with Crippen LogP contribution in [-0.2, 0) is 33.9 Å². The van der Waals surface area contributed by atoms with Gasteiger partial charge in [0.1, 0.15) is 45.8 Å². The molecule has 0 bridgehead atoms. The highest BCUT2D eigenvalue weighted by Gasteiger charge is 2.36. The van der Waals surface area contributed by atoms with Gasteiger partial charge in [-0.3, -0.25) is 39.1 Å². The molecule has 1 saturated carbocycles. The molecule has 13 aromatic heterocycles. The highest BCUT2D eigenvalue weighted by molar-refractivity contribution is 6.02. The van der Waals surface area contributed by atoms with Crippen LogP contribution in [0.15, 0.2) is 232 Å². The van der Waals surface area contributed by atoms with Crippen LogP contribution in [-0.4, -0.2) is 233 Å². The monoisotopic (exact) mass is 1850 g/mol. The Bertz CT molecular complexity index is 7200. The normalized spacial score (nSPS) is 13.8. The van der Waals surface area contributed by atoms with E-state index in [-0.39, 0.29) is 35.1 Å². The number of hydrogen-bond donors (Lipinski definition) is 8. The predicted octanol–water partition coefficient (Wildman–Crippen LogP) is 16.8. The number of nitrogens with one attached hydrogen (secondary N) is 8. The molecule has 0 unspecified atom stereocenters. The second kappa shape index (κ2) is 42.4. The lowest BCUT2D eigenvalue weighted by molar-refractivity contribution is -0.109. The van der Waals surface area contributed by atoms with Crippen molar-refractivity contribution in [3.8, 4) is 62.8 Å². The number of aromatic amines is 4. The Kier molecular flexibility index (Phi) is 28.3. The number of hydrogen-bond acceptors (Lipinski definition) is 27. The molecule has 4 aliphatic rings. The lowest BCUT2D eigenvalue weighted by Crippen LogP contribution is -2.49. The van der Waals surface area contributed by atoms with Crippen molar-refractivity contribution in [3.63, 3.8) is 0 Å². The van der Waals surface area contributed by atoms with E-state index in [0.717, 1.165) is 126 Å². The largest absolute Gasteiger partial charge is 0.497 e. The lowest BCUT2D eigenvalue weighted by atomic mass is 9.88. The van der Waals surface area contributed by atoms with E-state index in [1.54, 1.807) is 106 Å². The maximum Gasteiger partial charge on any atom is 0.270 e. The molecule has 138 heavy (non-hydrogen) atoms. The molecule has 21 rings (SSSR count). The smallest absolute Gasteiger partial charge is 0.270 e. The van der Waals surface area contributed by atoms with Crippen LogP contribution in [0.1, 0.15) is 106 Å². The minimum Gasteiger partial charge on any atom is -0.497 e. The topological polar surface area (TPSA) is 420 Å². The molecule has 2 saturated heterocycles. The number of ether oxygens (including phenoxy) is 6. The second-order valence-corrected chi connectivity index (χ2v) is 34.4. The lowest BCUT2D eigenvalue weighted by Gasteiger charge is -2.40. The van der Waals surface area contributed by atoms with Crippen LogP contribution in [0.25, 0.3) is 89.2 Å². The van der Waals surface area contributed by atoms with E-state index in [2.05, 4.69) is 124 Å². The zero-order valence-electron chi connectivity index (χ0n) is 77.4. The van der Waals surface area contributed by atoms with E-state index in [1.807, 2.05) is 181 Å². The summed E-state index contributed by atoms with van der Waals surface area (Å²) in [6.45, 7) is 11.7. The van der Waals surface area contributed by atoms with Crippen LogP contribution >= 0.6 is 0 Å². The molecule has 4 aromatic carbocycles. The first-order valence-corrected chi connectivity index (χ1v) is 45.6. The number of nitrogens with zero attached hydrogens (tertiary/aromatic N) is 18. The fraction of sp³-hybridized carbons (Fsp3) is 0.265. The van der Waals surface area contributed by atoms with E-state index >= 15 is 0 Å². The van der Waals surface area contributed by atoms with E-state index in [1.165, 1.54) is 19.3 Å². The molecule has 36 heteroatoms. The molecule has 3 aliphatic heterocycles. The number of rotatable bonds is 26. The summed E-state index contributed by atoms with van der Waals surface area (Å²) in [5.74, 6) is 4.88. The summed E-state index contributed by atoms with van der Waals surface area (Å²) in [5, 5.41) is 16.7. The van der Waals surface area contributed by atoms with Crippen molar-refractivity contribution in [2.75, 3.05) is 116 Å². The molecule has 0 spiro atoms. The number of H-pyrrole nitrogens is 4. The van der Waals surface area contributed by atoms with Crippen LogP contribution in [0.4, 0.5) is 46.5 Å². The van der Waals surface area contributed by atoms with E-state index in [9.17, 15) is 19.2 Å². The molecule has 1 aliphatic carbocycles. The van der Waals surface area contributed by atoms with E-state index < -0.39 is 0 Å². The van der Waals surface area contributed by atoms with Gasteiger partial charge in [0.15, 0.2) is 0 Å². The number of imidazole rings is 1. The third kappa shape index (κ3) is 22.6. The molecule has 36 nitrogen and oxygen atoms in total. The standard InChI is InChI=1S/C28H30N6O3.C26H24N8O2.C25H26N6O3.C23H24N6O2/c35-27(34-12-14-36-15-13-34)26-17-19-16-20(6-7-23(19)32-26)31-28-30-11-9-24(33-28)25-18-22(8-10-29-25)37-21-4-2-1-3-5-21;1-36-16-17-4-6-27-22(12-17)21-5-7-29-26(32-21)30-19-2-3-20-18(13-19)14-23(31-20)25(35)34-11-10-33-9-8-28-24(33)15-34;1-25(14-34-15-25)13-31(2)23(32)22-11-16-10-17(4-5-19(16)29-22)28-24-27-9-7-20(30-24)21-12-18(33-3)6-8-26-21;1-4-11-31-17-7-9-24-20(14-17)18-8-10-25-23(28-18)26-16-6-5-15-12-21(22(30)29(2)3)27-19(15)13-16/h6-11,16-18,21,32H,1-5,12-15H2,(H,30,31,33);2-9,12-14,31H,10-11,15-16H2,1H3,(H,29,30,32);4-12,29H,13-15H2,1-3H3,(H,27,28,30);5-10,12-14,27H,4,11H2,1-3H3,(H,25,26,28). The number of aromatic nitrogens is 18. The number of methoxy groups -OCH3 is 2. The van der Waals surface area contributed by atoms with E-state index in [0.29, 0.717) is 159 Å². The fourth-order valence-corrected chi connectivity index (χ4v) is 16.6. The van der Waals surface area contributed by atoms with Crippen LogP contribution in [0, 0.1) is 5.41 Å². The van der Waals surface area contributed by atoms with Crippen molar-refractivity contribution in [3.05, 3.63) is 266 Å². The SMILES string of the molecule is CCCOc1ccnc(-c2ccnc(Nc3ccc4cc(C(=O)N(C)C)[nH]c4c3)n2)c1.COCc1ccnc(-c2ccnc(Nc3ccc4[nH]c(C(=O)N5CCn6ccnc6C5)cc4c3)n2)c1.COc1ccnc(-c2ccnc(Nc3ccc4[nH]c(C(=O)N(C)CC5(C)COC5)cc4c3)n2)c1.O=C(c1cc2cc(Nc3nccc(-c4cc(OC5CCCCC5)ccn4)n3)ccc2[nH]1)N1CCOCC1. The number of pyridine rings is 4. The van der Waals surface area contributed by atoms with Crippen molar-refractivity contribution in [1.29, 1.82) is 0 Å². The fourth-order valence-electron chi connectivity index (χ4n) is 16.6. The van der Waals surface area contributed by atoms with Gasteiger partial charge in [-0.2, -0.15) is 0 Å². The van der Waals surface area contributed by atoms with Gasteiger partial charge in [-0.05, 0) is 183 Å². The summed E-state index contributed by atoms with van der Waals surface area (Å²) in [6.07, 6.45) is 24.6. The van der Waals surface area contributed by atoms with Crippen molar-refractivity contribution in [1.82, 2.24) is 109 Å². The molecule has 0 radical (unpaired) electrons. The number of morpholine rings is 1. The molecule has 3 fully saturated rings. The Labute approximate surface area is 794 Å². The van der Waals surface area contributed by atoms with Crippen molar-refractivity contribution < 1.29 is 47.6 Å². The Balaban J connectivity index is 0.000000122. The third-order valence-corrected chi connectivity index (χ3v) is 23.6. The van der Waals surface area contributed by atoms with Gasteiger partial charge in [-0.15, -0.1) is 0 Å². The maximum absolute atomic E-state index is 13.1. The number of amides is 4. The molecular weight excluding hydrogens is 1750 g/mol. The zero-order valence-corrected chi connectivity index (χ0v) is 77.4.